The van der Waals surface area contributed by atoms with Crippen molar-refractivity contribution in [2.24, 2.45) is 0 Å². The first-order valence-corrected chi connectivity index (χ1v) is 9.56. The molecule has 0 atom stereocenters. The lowest BCUT2D eigenvalue weighted by molar-refractivity contribution is -0.135. The van der Waals surface area contributed by atoms with Gasteiger partial charge >= 0.3 is 5.97 Å². The Hall–Kier alpha value is -2.94. The number of rotatable bonds is 6. The predicted octanol–water partition coefficient (Wildman–Crippen LogP) is 2.05. The van der Waals surface area contributed by atoms with Crippen LogP contribution in [-0.2, 0) is 14.8 Å². The fraction of sp³-hybridized carbons (Fsp3) is 0.278. The first-order chi connectivity index (χ1) is 12.8. The third-order valence-electron chi connectivity index (χ3n) is 4.05. The maximum absolute atomic E-state index is 13.1. The van der Waals surface area contributed by atoms with Crippen molar-refractivity contribution in [1.29, 1.82) is 0 Å². The number of carbonyl (C=O) groups is 1. The van der Waals surface area contributed by atoms with Gasteiger partial charge in [-0.1, -0.05) is 0 Å². The molecule has 1 aliphatic heterocycles. The van der Waals surface area contributed by atoms with Crippen molar-refractivity contribution in [3.8, 4) is 17.2 Å². The van der Waals surface area contributed by atoms with Gasteiger partial charge < -0.3 is 19.3 Å². The Labute approximate surface area is 156 Å². The molecule has 8 nitrogen and oxygen atoms in total. The first-order valence-electron chi connectivity index (χ1n) is 8.12. The lowest BCUT2D eigenvalue weighted by Crippen LogP contribution is -2.36. The second-order valence-electron chi connectivity index (χ2n) is 5.86. The fourth-order valence-electron chi connectivity index (χ4n) is 2.76. The van der Waals surface area contributed by atoms with Crippen molar-refractivity contribution in [2.75, 3.05) is 31.2 Å². The fourth-order valence-corrected chi connectivity index (χ4v) is 4.26. The van der Waals surface area contributed by atoms with Gasteiger partial charge in [-0.05, 0) is 42.8 Å². The number of nitrogens with zero attached hydrogens (tertiary/aromatic N) is 1. The SMILES string of the molecule is COc1ccc(S(=O)(=O)N(CC(=O)O)c2ccc3c(c2)OCCO3)cc1C. The molecule has 9 heteroatoms. The Morgan fingerprint density at radius 3 is 2.48 bits per heavy atom. The Morgan fingerprint density at radius 1 is 1.15 bits per heavy atom. The first kappa shape index (κ1) is 18.8. The zero-order valence-electron chi connectivity index (χ0n) is 14.8. The summed E-state index contributed by atoms with van der Waals surface area (Å²) in [6, 6.07) is 8.88. The van der Waals surface area contributed by atoms with Gasteiger partial charge in [0.1, 0.15) is 25.5 Å². The zero-order chi connectivity index (χ0) is 19.6. The molecule has 2 aromatic rings. The summed E-state index contributed by atoms with van der Waals surface area (Å²) in [4.78, 5) is 11.3. The quantitative estimate of drug-likeness (QED) is 0.801. The third kappa shape index (κ3) is 3.77. The number of ether oxygens (including phenoxy) is 3. The number of benzene rings is 2. The van der Waals surface area contributed by atoms with Gasteiger partial charge in [-0.25, -0.2) is 8.42 Å². The molecule has 0 fully saturated rings. The van der Waals surface area contributed by atoms with Crippen LogP contribution in [0.1, 0.15) is 5.56 Å². The molecular weight excluding hydrogens is 374 g/mol. The second kappa shape index (κ2) is 7.36. The largest absolute Gasteiger partial charge is 0.496 e. The van der Waals surface area contributed by atoms with Gasteiger partial charge in [-0.3, -0.25) is 9.10 Å². The second-order valence-corrected chi connectivity index (χ2v) is 7.73. The molecule has 3 rings (SSSR count). The van der Waals surface area contributed by atoms with E-state index in [1.807, 2.05) is 0 Å². The van der Waals surface area contributed by atoms with Crippen molar-refractivity contribution in [3.63, 3.8) is 0 Å². The van der Waals surface area contributed by atoms with Crippen LogP contribution in [0, 0.1) is 6.92 Å². The van der Waals surface area contributed by atoms with Crippen LogP contribution in [-0.4, -0.2) is 46.4 Å². The number of hydrogen-bond acceptors (Lipinski definition) is 6. The Kier molecular flexibility index (Phi) is 5.13. The Morgan fingerprint density at radius 2 is 1.85 bits per heavy atom. The molecule has 2 aromatic carbocycles. The maximum atomic E-state index is 13.1. The number of anilines is 1. The van der Waals surface area contributed by atoms with E-state index in [2.05, 4.69) is 0 Å². The van der Waals surface area contributed by atoms with E-state index in [-0.39, 0.29) is 10.6 Å². The molecule has 1 heterocycles. The molecule has 0 unspecified atom stereocenters. The van der Waals surface area contributed by atoms with E-state index in [0.29, 0.717) is 36.0 Å². The van der Waals surface area contributed by atoms with Crippen molar-refractivity contribution in [3.05, 3.63) is 42.0 Å². The number of aryl methyl sites for hydroxylation is 1. The summed E-state index contributed by atoms with van der Waals surface area (Å²) in [5.74, 6) is 0.116. The molecule has 0 saturated heterocycles. The van der Waals surface area contributed by atoms with E-state index in [1.54, 1.807) is 13.0 Å². The van der Waals surface area contributed by atoms with Crippen LogP contribution >= 0.6 is 0 Å². The lowest BCUT2D eigenvalue weighted by Gasteiger charge is -2.25. The van der Waals surface area contributed by atoms with Gasteiger partial charge in [-0.15, -0.1) is 0 Å². The number of aliphatic carboxylic acids is 1. The van der Waals surface area contributed by atoms with Gasteiger partial charge in [0.25, 0.3) is 10.0 Å². The van der Waals surface area contributed by atoms with E-state index in [0.717, 1.165) is 4.31 Å². The summed E-state index contributed by atoms with van der Waals surface area (Å²) in [6.45, 7) is 1.71. The van der Waals surface area contributed by atoms with E-state index in [1.165, 1.54) is 37.4 Å². The van der Waals surface area contributed by atoms with Crippen LogP contribution in [0.4, 0.5) is 5.69 Å². The van der Waals surface area contributed by atoms with E-state index < -0.39 is 22.5 Å². The predicted molar refractivity (Wildman–Crippen MR) is 97.3 cm³/mol. The summed E-state index contributed by atoms with van der Waals surface area (Å²) in [5.41, 5.74) is 0.797. The van der Waals surface area contributed by atoms with Crippen molar-refractivity contribution >= 4 is 21.7 Å². The van der Waals surface area contributed by atoms with Gasteiger partial charge in [0, 0.05) is 6.07 Å². The lowest BCUT2D eigenvalue weighted by atomic mass is 10.2. The molecule has 0 aliphatic carbocycles. The topological polar surface area (TPSA) is 102 Å². The number of sulfonamides is 1. The maximum Gasteiger partial charge on any atom is 0.324 e. The van der Waals surface area contributed by atoms with Crippen LogP contribution in [0.5, 0.6) is 17.2 Å². The summed E-state index contributed by atoms with van der Waals surface area (Å²) < 4.78 is 43.2. The Balaban J connectivity index is 2.06. The van der Waals surface area contributed by atoms with Crippen molar-refractivity contribution in [2.45, 2.75) is 11.8 Å². The van der Waals surface area contributed by atoms with Gasteiger partial charge in [-0.2, -0.15) is 0 Å². The third-order valence-corrected chi connectivity index (χ3v) is 5.82. The van der Waals surface area contributed by atoms with E-state index >= 15 is 0 Å². The number of fused-ring (bicyclic) bond motifs is 1. The van der Waals surface area contributed by atoms with Crippen LogP contribution < -0.4 is 18.5 Å². The normalized spacial score (nSPS) is 13.1. The average Bonchev–Trinajstić information content (AvgIpc) is 2.65. The highest BCUT2D eigenvalue weighted by atomic mass is 32.2. The number of methoxy groups -OCH3 is 1. The minimum absolute atomic E-state index is 0.0306. The smallest absolute Gasteiger partial charge is 0.324 e. The van der Waals surface area contributed by atoms with Crippen LogP contribution in [0.15, 0.2) is 41.3 Å². The highest BCUT2D eigenvalue weighted by Gasteiger charge is 2.29. The van der Waals surface area contributed by atoms with Gasteiger partial charge in [0.05, 0.1) is 17.7 Å². The van der Waals surface area contributed by atoms with E-state index in [4.69, 9.17) is 14.2 Å². The molecule has 0 bridgehead atoms. The van der Waals surface area contributed by atoms with Crippen molar-refractivity contribution < 1.29 is 32.5 Å². The number of carboxylic acids is 1. The van der Waals surface area contributed by atoms with E-state index in [9.17, 15) is 18.3 Å². The molecule has 1 aliphatic rings. The van der Waals surface area contributed by atoms with Gasteiger partial charge in [0.15, 0.2) is 11.5 Å². The highest BCUT2D eigenvalue weighted by molar-refractivity contribution is 7.92. The average molecular weight is 393 g/mol. The molecule has 0 amide bonds. The molecule has 0 aromatic heterocycles. The number of carboxylic acid groups (broad SMARTS) is 1. The molecule has 144 valence electrons. The molecule has 27 heavy (non-hydrogen) atoms. The monoisotopic (exact) mass is 393 g/mol. The van der Waals surface area contributed by atoms with Crippen LogP contribution in [0.2, 0.25) is 0 Å². The summed E-state index contributed by atoms with van der Waals surface area (Å²) in [7, 11) is -2.63. The summed E-state index contributed by atoms with van der Waals surface area (Å²) in [5, 5.41) is 9.25. The van der Waals surface area contributed by atoms with Crippen LogP contribution in [0.3, 0.4) is 0 Å². The zero-order valence-corrected chi connectivity index (χ0v) is 15.7. The summed E-state index contributed by atoms with van der Waals surface area (Å²) in [6.07, 6.45) is 0. The minimum atomic E-state index is -4.12. The van der Waals surface area contributed by atoms with Crippen LogP contribution in [0.25, 0.3) is 0 Å². The Bertz CT molecular complexity index is 972. The van der Waals surface area contributed by atoms with Crippen molar-refractivity contribution in [1.82, 2.24) is 0 Å². The molecule has 0 spiro atoms. The molecule has 1 N–H and O–H groups in total. The summed E-state index contributed by atoms with van der Waals surface area (Å²) >= 11 is 0. The minimum Gasteiger partial charge on any atom is -0.496 e. The molecular formula is C18H19NO7S. The standard InChI is InChI=1S/C18H19NO7S/c1-12-9-14(4-6-15(12)24-2)27(22,23)19(11-18(20)21)13-3-5-16-17(10-13)26-8-7-25-16/h3-6,9-10H,7-8,11H2,1-2H3,(H,20,21). The highest BCUT2D eigenvalue weighted by Crippen LogP contribution is 2.36. The molecule has 0 radical (unpaired) electrons. The molecule has 0 saturated carbocycles. The number of hydrogen-bond donors (Lipinski definition) is 1. The van der Waals surface area contributed by atoms with Gasteiger partial charge in [0.2, 0.25) is 0 Å².